The van der Waals surface area contributed by atoms with Gasteiger partial charge in [-0.2, -0.15) is 5.26 Å². The van der Waals surface area contributed by atoms with Crippen LogP contribution < -0.4 is 0 Å². The van der Waals surface area contributed by atoms with Crippen LogP contribution >= 0.6 is 11.3 Å². The van der Waals surface area contributed by atoms with Crippen LogP contribution in [0.1, 0.15) is 23.1 Å². The second-order valence-corrected chi connectivity index (χ2v) is 6.43. The van der Waals surface area contributed by atoms with Gasteiger partial charge in [0, 0.05) is 22.6 Å². The molecule has 0 aliphatic heterocycles. The first-order valence-corrected chi connectivity index (χ1v) is 8.90. The van der Waals surface area contributed by atoms with Gasteiger partial charge >= 0.3 is 0 Å². The normalized spacial score (nSPS) is 11.2. The van der Waals surface area contributed by atoms with Gasteiger partial charge in [-0.1, -0.05) is 49.4 Å². The number of nitro groups is 1. The predicted octanol–water partition coefficient (Wildman–Crippen LogP) is 5.34. The maximum absolute atomic E-state index is 11.2. The Morgan fingerprint density at radius 2 is 2.08 bits per heavy atom. The monoisotopic (exact) mass is 361 g/mol. The summed E-state index contributed by atoms with van der Waals surface area (Å²) >= 11 is 1.38. The van der Waals surface area contributed by atoms with Gasteiger partial charge < -0.3 is 0 Å². The Bertz CT molecular complexity index is 1020. The van der Waals surface area contributed by atoms with Gasteiger partial charge in [0.25, 0.3) is 5.69 Å². The molecule has 0 aliphatic carbocycles. The van der Waals surface area contributed by atoms with Gasteiger partial charge in [-0.3, -0.25) is 10.1 Å². The summed E-state index contributed by atoms with van der Waals surface area (Å²) in [5.74, 6) is 0. The lowest BCUT2D eigenvalue weighted by atomic mass is 10.1. The summed E-state index contributed by atoms with van der Waals surface area (Å²) in [7, 11) is 0. The largest absolute Gasteiger partial charge is 0.273 e. The summed E-state index contributed by atoms with van der Waals surface area (Å²) in [5.41, 5.74) is 3.53. The van der Waals surface area contributed by atoms with Crippen LogP contribution in [0.4, 0.5) is 5.69 Å². The van der Waals surface area contributed by atoms with E-state index in [1.165, 1.54) is 17.4 Å². The first-order chi connectivity index (χ1) is 12.6. The smallest absolute Gasteiger partial charge is 0.258 e. The summed E-state index contributed by atoms with van der Waals surface area (Å²) in [4.78, 5) is 15.4. The molecule has 1 heterocycles. The van der Waals surface area contributed by atoms with Crippen LogP contribution in [0.3, 0.4) is 0 Å². The van der Waals surface area contributed by atoms with Crippen molar-refractivity contribution in [1.29, 1.82) is 5.26 Å². The fourth-order valence-electron chi connectivity index (χ4n) is 2.59. The Morgan fingerprint density at radius 1 is 1.31 bits per heavy atom. The number of benzene rings is 2. The summed E-state index contributed by atoms with van der Waals surface area (Å²) in [6.45, 7) is 1.87. The lowest BCUT2D eigenvalue weighted by Gasteiger charge is -2.02. The first kappa shape index (κ1) is 17.5. The molecule has 0 bridgehead atoms. The highest BCUT2D eigenvalue weighted by molar-refractivity contribution is 7.11. The van der Waals surface area contributed by atoms with E-state index in [1.54, 1.807) is 18.2 Å². The van der Waals surface area contributed by atoms with Crippen LogP contribution in [0.15, 0.2) is 53.9 Å². The van der Waals surface area contributed by atoms with Crippen molar-refractivity contribution in [3.63, 3.8) is 0 Å². The van der Waals surface area contributed by atoms with E-state index < -0.39 is 0 Å². The van der Waals surface area contributed by atoms with Crippen LogP contribution in [0.25, 0.3) is 22.9 Å². The molecule has 0 unspecified atom stereocenters. The maximum atomic E-state index is 11.2. The number of allylic oxidation sites excluding steroid dienone is 1. The molecule has 26 heavy (non-hydrogen) atoms. The van der Waals surface area contributed by atoms with Crippen LogP contribution in [0, 0.1) is 21.4 Å². The zero-order chi connectivity index (χ0) is 18.5. The Kier molecular flexibility index (Phi) is 5.20. The summed E-state index contributed by atoms with van der Waals surface area (Å²) in [6.07, 6.45) is 2.22. The van der Waals surface area contributed by atoms with Crippen molar-refractivity contribution in [2.24, 2.45) is 0 Å². The SMILES string of the molecule is CCc1ccc(/C=C(\C#N)c2nc(-c3ccccc3)cs2)cc1[N+](=O)[O-]. The molecule has 2 aromatic carbocycles. The Hall–Kier alpha value is -3.30. The van der Waals surface area contributed by atoms with Crippen molar-refractivity contribution in [3.8, 4) is 17.3 Å². The fourth-order valence-corrected chi connectivity index (χ4v) is 3.38. The Morgan fingerprint density at radius 3 is 2.73 bits per heavy atom. The summed E-state index contributed by atoms with van der Waals surface area (Å²) in [5, 5.41) is 23.2. The zero-order valence-corrected chi connectivity index (χ0v) is 14.9. The number of nitro benzene ring substituents is 1. The molecule has 6 heteroatoms. The molecule has 5 nitrogen and oxygen atoms in total. The number of rotatable bonds is 5. The molecule has 0 amide bonds. The van der Waals surface area contributed by atoms with Crippen LogP contribution in [-0.4, -0.2) is 9.91 Å². The Balaban J connectivity index is 1.97. The van der Waals surface area contributed by atoms with Gasteiger partial charge in [0.05, 0.1) is 16.2 Å². The van der Waals surface area contributed by atoms with Gasteiger partial charge in [-0.05, 0) is 18.1 Å². The molecule has 128 valence electrons. The van der Waals surface area contributed by atoms with E-state index in [0.29, 0.717) is 28.1 Å². The van der Waals surface area contributed by atoms with E-state index in [4.69, 9.17) is 0 Å². The number of hydrogen-bond acceptors (Lipinski definition) is 5. The number of thiazole rings is 1. The van der Waals surface area contributed by atoms with Gasteiger partial charge in [0.1, 0.15) is 11.1 Å². The van der Waals surface area contributed by atoms with E-state index in [-0.39, 0.29) is 10.6 Å². The summed E-state index contributed by atoms with van der Waals surface area (Å²) < 4.78 is 0. The summed E-state index contributed by atoms with van der Waals surface area (Å²) in [6, 6.07) is 16.9. The molecule has 3 aromatic rings. The minimum absolute atomic E-state index is 0.0719. The standard InChI is InChI=1S/C20H15N3O2S/c1-2-15-9-8-14(11-19(15)23(24)25)10-17(12-21)20-22-18(13-26-20)16-6-4-3-5-7-16/h3-11,13H,2H2,1H3/b17-10+. The van der Waals surface area contributed by atoms with Gasteiger partial charge in [0.2, 0.25) is 0 Å². The number of hydrogen-bond donors (Lipinski definition) is 0. The van der Waals surface area contributed by atoms with Crippen molar-refractivity contribution in [1.82, 2.24) is 4.98 Å². The second-order valence-electron chi connectivity index (χ2n) is 5.57. The minimum Gasteiger partial charge on any atom is -0.258 e. The maximum Gasteiger partial charge on any atom is 0.273 e. The van der Waals surface area contributed by atoms with E-state index in [1.807, 2.05) is 42.6 Å². The highest BCUT2D eigenvalue weighted by atomic mass is 32.1. The third-order valence-electron chi connectivity index (χ3n) is 3.92. The zero-order valence-electron chi connectivity index (χ0n) is 14.0. The lowest BCUT2D eigenvalue weighted by Crippen LogP contribution is -1.95. The van der Waals surface area contributed by atoms with E-state index in [2.05, 4.69) is 11.1 Å². The van der Waals surface area contributed by atoms with Crippen molar-refractivity contribution in [2.75, 3.05) is 0 Å². The first-order valence-electron chi connectivity index (χ1n) is 8.02. The average Bonchev–Trinajstić information content (AvgIpc) is 3.16. The number of nitrogens with zero attached hydrogens (tertiary/aromatic N) is 3. The molecule has 0 atom stereocenters. The topological polar surface area (TPSA) is 79.8 Å². The van der Waals surface area contributed by atoms with Crippen LogP contribution in [-0.2, 0) is 6.42 Å². The van der Waals surface area contributed by atoms with Crippen LogP contribution in [0.2, 0.25) is 0 Å². The molecule has 0 spiro atoms. The Labute approximate surface area is 155 Å². The highest BCUT2D eigenvalue weighted by Crippen LogP contribution is 2.28. The van der Waals surface area contributed by atoms with Gasteiger partial charge in [0.15, 0.2) is 0 Å². The quantitative estimate of drug-likeness (QED) is 0.349. The lowest BCUT2D eigenvalue weighted by molar-refractivity contribution is -0.385. The fraction of sp³-hybridized carbons (Fsp3) is 0.100. The molecule has 0 fully saturated rings. The van der Waals surface area contributed by atoms with Crippen molar-refractivity contribution in [2.45, 2.75) is 13.3 Å². The molecule has 3 rings (SSSR count). The third kappa shape index (κ3) is 3.68. The number of aromatic nitrogens is 1. The van der Waals surface area contributed by atoms with Gasteiger partial charge in [-0.15, -0.1) is 11.3 Å². The van der Waals surface area contributed by atoms with Gasteiger partial charge in [-0.25, -0.2) is 4.98 Å². The minimum atomic E-state index is -0.390. The van der Waals surface area contributed by atoms with Crippen molar-refractivity contribution >= 4 is 28.7 Å². The van der Waals surface area contributed by atoms with E-state index in [9.17, 15) is 15.4 Å². The third-order valence-corrected chi connectivity index (χ3v) is 4.80. The van der Waals surface area contributed by atoms with Crippen LogP contribution in [0.5, 0.6) is 0 Å². The average molecular weight is 361 g/mol. The molecule has 0 aliphatic rings. The van der Waals surface area contributed by atoms with E-state index >= 15 is 0 Å². The molecule has 0 radical (unpaired) electrons. The molecule has 0 saturated carbocycles. The number of aryl methyl sites for hydroxylation is 1. The second kappa shape index (κ2) is 7.72. The molecule has 0 N–H and O–H groups in total. The predicted molar refractivity (Wildman–Crippen MR) is 104 cm³/mol. The number of nitriles is 1. The molecule has 0 saturated heterocycles. The molecular formula is C20H15N3O2S. The van der Waals surface area contributed by atoms with E-state index in [0.717, 1.165) is 11.3 Å². The molecule has 1 aromatic heterocycles. The van der Waals surface area contributed by atoms with Crippen molar-refractivity contribution in [3.05, 3.63) is 80.2 Å². The molecular weight excluding hydrogens is 346 g/mol. The van der Waals surface area contributed by atoms with Crippen molar-refractivity contribution < 1.29 is 4.92 Å². The highest BCUT2D eigenvalue weighted by Gasteiger charge is 2.14.